The number of hydrogen-bond acceptors (Lipinski definition) is 9. The number of aliphatic hydroxyl groups is 4. The highest BCUT2D eigenvalue weighted by molar-refractivity contribution is 5.89. The Kier molecular flexibility index (Phi) is 3.05. The summed E-state index contributed by atoms with van der Waals surface area (Å²) in [7, 11) is 0. The number of carbonyl (C=O) groups excluding carboxylic acids is 1. The predicted octanol–water partition coefficient (Wildman–Crippen LogP) is -1.74. The van der Waals surface area contributed by atoms with Gasteiger partial charge < -0.3 is 39.7 Å². The Morgan fingerprint density at radius 1 is 1.33 bits per heavy atom. The molecule has 4 atom stereocenters. The second-order valence-corrected chi connectivity index (χ2v) is 6.11. The molecule has 3 aliphatic heterocycles. The van der Waals surface area contributed by atoms with Crippen LogP contribution in [0.5, 0.6) is 17.2 Å². The summed E-state index contributed by atoms with van der Waals surface area (Å²) in [5, 5.41) is 51.0. The van der Waals surface area contributed by atoms with Gasteiger partial charge in [-0.2, -0.15) is 0 Å². The molecule has 5 N–H and O–H groups in total. The van der Waals surface area contributed by atoms with Crippen molar-refractivity contribution in [3.63, 3.8) is 0 Å². The summed E-state index contributed by atoms with van der Waals surface area (Å²) in [5.41, 5.74) is -2.66. The van der Waals surface area contributed by atoms with Crippen LogP contribution < -0.4 is 9.47 Å². The minimum atomic E-state index is -2.72. The SMILES string of the molecule is O=C1O[C@H]([C@@H](O)CO)[C@@]2(O)Oc3cc4c(c(O)c3[C@@]12O)CCCO4. The largest absolute Gasteiger partial charge is 0.507 e. The number of aromatic hydroxyl groups is 1. The zero-order chi connectivity index (χ0) is 17.3. The van der Waals surface area contributed by atoms with E-state index < -0.39 is 41.9 Å². The van der Waals surface area contributed by atoms with Crippen LogP contribution in [0.2, 0.25) is 0 Å². The molecule has 1 aromatic carbocycles. The number of phenols is 1. The minimum Gasteiger partial charge on any atom is -0.507 e. The van der Waals surface area contributed by atoms with E-state index in [4.69, 9.17) is 19.3 Å². The molecule has 1 fully saturated rings. The van der Waals surface area contributed by atoms with Crippen LogP contribution in [0.4, 0.5) is 0 Å². The second-order valence-electron chi connectivity index (χ2n) is 6.11. The molecule has 0 amide bonds. The average molecular weight is 340 g/mol. The third-order valence-corrected chi connectivity index (χ3v) is 4.75. The van der Waals surface area contributed by atoms with Crippen LogP contribution in [0.25, 0.3) is 0 Å². The fraction of sp³-hybridized carbons (Fsp3) is 0.533. The van der Waals surface area contributed by atoms with Crippen LogP contribution in [-0.4, -0.2) is 62.7 Å². The number of hydrogen-bond donors (Lipinski definition) is 5. The van der Waals surface area contributed by atoms with Gasteiger partial charge in [-0.05, 0) is 12.8 Å². The highest BCUT2D eigenvalue weighted by Crippen LogP contribution is 2.59. The summed E-state index contributed by atoms with van der Waals surface area (Å²) in [6, 6.07) is 1.37. The van der Waals surface area contributed by atoms with Crippen molar-refractivity contribution in [3.05, 3.63) is 17.2 Å². The highest BCUT2D eigenvalue weighted by Gasteiger charge is 2.77. The Hall–Kier alpha value is -2.07. The van der Waals surface area contributed by atoms with E-state index in [1.807, 2.05) is 0 Å². The lowest BCUT2D eigenvalue weighted by molar-refractivity contribution is -0.251. The summed E-state index contributed by atoms with van der Waals surface area (Å²) in [6.07, 6.45) is -2.32. The van der Waals surface area contributed by atoms with Gasteiger partial charge in [0, 0.05) is 11.6 Å². The number of carbonyl (C=O) groups is 1. The molecular formula is C15H16O9. The van der Waals surface area contributed by atoms with E-state index in [9.17, 15) is 25.2 Å². The molecule has 0 spiro atoms. The lowest BCUT2D eigenvalue weighted by Crippen LogP contribution is -2.59. The maximum Gasteiger partial charge on any atom is 0.351 e. The van der Waals surface area contributed by atoms with Gasteiger partial charge in [0.05, 0.1) is 18.8 Å². The van der Waals surface area contributed by atoms with Gasteiger partial charge in [0.15, 0.2) is 6.10 Å². The van der Waals surface area contributed by atoms with Gasteiger partial charge in [0.25, 0.3) is 11.4 Å². The Morgan fingerprint density at radius 3 is 2.79 bits per heavy atom. The first-order chi connectivity index (χ1) is 11.3. The zero-order valence-electron chi connectivity index (χ0n) is 12.4. The Bertz CT molecular complexity index is 732. The van der Waals surface area contributed by atoms with Crippen molar-refractivity contribution in [3.8, 4) is 17.2 Å². The quantitative estimate of drug-likeness (QED) is 0.396. The maximum atomic E-state index is 12.2. The molecule has 0 bridgehead atoms. The van der Waals surface area contributed by atoms with Crippen LogP contribution >= 0.6 is 0 Å². The van der Waals surface area contributed by atoms with Gasteiger partial charge in [-0.25, -0.2) is 4.79 Å². The van der Waals surface area contributed by atoms with Crippen LogP contribution in [0, 0.1) is 0 Å². The molecule has 130 valence electrons. The van der Waals surface area contributed by atoms with Crippen LogP contribution in [-0.2, 0) is 21.6 Å². The molecule has 0 aliphatic carbocycles. The summed E-state index contributed by atoms with van der Waals surface area (Å²) in [5.74, 6) is -4.21. The summed E-state index contributed by atoms with van der Waals surface area (Å²) in [4.78, 5) is 12.2. The Morgan fingerprint density at radius 2 is 2.08 bits per heavy atom. The van der Waals surface area contributed by atoms with Crippen molar-refractivity contribution in [1.82, 2.24) is 0 Å². The number of ether oxygens (including phenoxy) is 3. The van der Waals surface area contributed by atoms with Crippen LogP contribution in [0.15, 0.2) is 6.07 Å². The number of rotatable bonds is 2. The Labute approximate surface area is 135 Å². The fourth-order valence-corrected chi connectivity index (χ4v) is 3.54. The molecule has 1 aromatic rings. The molecule has 24 heavy (non-hydrogen) atoms. The number of fused-ring (bicyclic) bond motifs is 4. The number of esters is 1. The predicted molar refractivity (Wildman–Crippen MR) is 74.4 cm³/mol. The number of phenolic OH excluding ortho intramolecular Hbond substituents is 1. The number of benzene rings is 1. The van der Waals surface area contributed by atoms with Crippen molar-refractivity contribution in [2.45, 2.75) is 36.4 Å². The lowest BCUT2D eigenvalue weighted by atomic mass is 9.83. The monoisotopic (exact) mass is 340 g/mol. The smallest absolute Gasteiger partial charge is 0.351 e. The molecular weight excluding hydrogens is 324 g/mol. The molecule has 0 aromatic heterocycles. The molecule has 3 heterocycles. The normalized spacial score (nSPS) is 34.5. The van der Waals surface area contributed by atoms with Gasteiger partial charge in [0.1, 0.15) is 23.4 Å². The molecule has 1 saturated heterocycles. The number of cyclic esters (lactones) is 1. The number of aliphatic hydroxyl groups excluding tert-OH is 2. The molecule has 4 rings (SSSR count). The van der Waals surface area contributed by atoms with Gasteiger partial charge in [-0.3, -0.25) is 0 Å². The standard InChI is InChI=1S/C15H16O9/c16-5-7(17)12-15(21)14(20,13(19)23-12)10-9(24-15)4-8-6(11(10)18)2-1-3-22-8/h4,7,12,16-18,20-21H,1-3,5H2/t7-,12+,14+,15+/m0/s1. The van der Waals surface area contributed by atoms with E-state index in [0.717, 1.165) is 0 Å². The Balaban J connectivity index is 1.92. The average Bonchev–Trinajstić information content (AvgIpc) is 2.91. The first kappa shape index (κ1) is 15.5. The van der Waals surface area contributed by atoms with E-state index in [-0.39, 0.29) is 11.3 Å². The van der Waals surface area contributed by atoms with Crippen LogP contribution in [0.1, 0.15) is 17.5 Å². The molecule has 9 heteroatoms. The van der Waals surface area contributed by atoms with E-state index >= 15 is 0 Å². The van der Waals surface area contributed by atoms with Gasteiger partial charge in [-0.1, -0.05) is 0 Å². The van der Waals surface area contributed by atoms with E-state index in [1.165, 1.54) is 6.07 Å². The molecule has 0 saturated carbocycles. The highest BCUT2D eigenvalue weighted by atomic mass is 16.7. The van der Waals surface area contributed by atoms with Gasteiger partial charge in [-0.15, -0.1) is 0 Å². The molecule has 0 unspecified atom stereocenters. The zero-order valence-corrected chi connectivity index (χ0v) is 12.4. The van der Waals surface area contributed by atoms with Gasteiger partial charge in [0.2, 0.25) is 0 Å². The first-order valence-electron chi connectivity index (χ1n) is 7.50. The van der Waals surface area contributed by atoms with Crippen molar-refractivity contribution in [2.24, 2.45) is 0 Å². The third kappa shape index (κ3) is 1.59. The van der Waals surface area contributed by atoms with Crippen molar-refractivity contribution in [1.29, 1.82) is 0 Å². The van der Waals surface area contributed by atoms with Crippen molar-refractivity contribution in [2.75, 3.05) is 13.2 Å². The fourth-order valence-electron chi connectivity index (χ4n) is 3.54. The summed E-state index contributed by atoms with van der Waals surface area (Å²) < 4.78 is 15.6. The van der Waals surface area contributed by atoms with E-state index in [0.29, 0.717) is 30.8 Å². The van der Waals surface area contributed by atoms with Crippen LogP contribution in [0.3, 0.4) is 0 Å². The minimum absolute atomic E-state index is 0.148. The maximum absolute atomic E-state index is 12.2. The topological polar surface area (TPSA) is 146 Å². The summed E-state index contributed by atoms with van der Waals surface area (Å²) >= 11 is 0. The van der Waals surface area contributed by atoms with E-state index in [1.54, 1.807) is 0 Å². The third-order valence-electron chi connectivity index (χ3n) is 4.75. The molecule has 0 radical (unpaired) electrons. The van der Waals surface area contributed by atoms with Gasteiger partial charge >= 0.3 is 5.97 Å². The molecule has 9 nitrogen and oxygen atoms in total. The first-order valence-corrected chi connectivity index (χ1v) is 7.50. The van der Waals surface area contributed by atoms with Crippen molar-refractivity contribution >= 4 is 5.97 Å². The van der Waals surface area contributed by atoms with E-state index in [2.05, 4.69) is 0 Å². The lowest BCUT2D eigenvalue weighted by Gasteiger charge is -2.30. The molecule has 3 aliphatic rings. The summed E-state index contributed by atoms with van der Waals surface area (Å²) in [6.45, 7) is -0.394. The van der Waals surface area contributed by atoms with Crippen molar-refractivity contribution < 1.29 is 44.5 Å². The second kappa shape index (κ2) is 4.73.